The number of halogens is 3. The van der Waals surface area contributed by atoms with Crippen LogP contribution < -0.4 is 0 Å². The van der Waals surface area contributed by atoms with Crippen molar-refractivity contribution >= 4 is 21.9 Å². The van der Waals surface area contributed by atoms with E-state index < -0.39 is 23.2 Å². The molecule has 1 aromatic rings. The van der Waals surface area contributed by atoms with Crippen LogP contribution in [0, 0.1) is 11.6 Å². The number of ether oxygens (including phenoxy) is 1. The summed E-state index contributed by atoms with van der Waals surface area (Å²) >= 11 is 2.93. The second-order valence-electron chi connectivity index (χ2n) is 2.24. The predicted octanol–water partition coefficient (Wildman–Crippen LogP) is 2.51. The number of esters is 1. The molecule has 13 heavy (non-hydrogen) atoms. The lowest BCUT2D eigenvalue weighted by molar-refractivity contribution is 0.0594. The molecule has 0 fully saturated rings. The zero-order valence-electron chi connectivity index (χ0n) is 6.61. The molecule has 0 heterocycles. The highest BCUT2D eigenvalue weighted by Crippen LogP contribution is 2.19. The highest BCUT2D eigenvalue weighted by molar-refractivity contribution is 9.10. The van der Waals surface area contributed by atoms with E-state index in [1.54, 1.807) is 0 Å². The normalized spacial score (nSPS) is 9.85. The quantitative estimate of drug-likeness (QED) is 0.566. The first-order valence-electron chi connectivity index (χ1n) is 3.29. The average Bonchev–Trinajstić information content (AvgIpc) is 2.10. The van der Waals surface area contributed by atoms with Gasteiger partial charge >= 0.3 is 5.97 Å². The minimum atomic E-state index is -1.20. The molecule has 1 aromatic carbocycles. The Kier molecular flexibility index (Phi) is 2.98. The average molecular weight is 251 g/mol. The van der Waals surface area contributed by atoms with Gasteiger partial charge in [-0.05, 0) is 12.1 Å². The van der Waals surface area contributed by atoms with Gasteiger partial charge < -0.3 is 4.74 Å². The summed E-state index contributed by atoms with van der Waals surface area (Å²) in [5, 5.41) is 0. The minimum absolute atomic E-state index is 0.284. The van der Waals surface area contributed by atoms with E-state index in [0.29, 0.717) is 0 Å². The summed E-state index contributed by atoms with van der Waals surface area (Å²) in [5.41, 5.74) is -0.422. The van der Waals surface area contributed by atoms with Gasteiger partial charge in [-0.1, -0.05) is 15.9 Å². The van der Waals surface area contributed by atoms with Crippen LogP contribution >= 0.6 is 15.9 Å². The monoisotopic (exact) mass is 250 g/mol. The van der Waals surface area contributed by atoms with Crippen molar-refractivity contribution in [2.24, 2.45) is 0 Å². The van der Waals surface area contributed by atoms with Crippen molar-refractivity contribution in [2.45, 2.75) is 0 Å². The van der Waals surface area contributed by atoms with Gasteiger partial charge in [-0.2, -0.15) is 0 Å². The van der Waals surface area contributed by atoms with Crippen LogP contribution in [0.1, 0.15) is 10.4 Å². The molecule has 0 atom stereocenters. The van der Waals surface area contributed by atoms with E-state index in [0.717, 1.165) is 19.2 Å². The van der Waals surface area contributed by atoms with Gasteiger partial charge in [-0.25, -0.2) is 13.6 Å². The van der Waals surface area contributed by atoms with E-state index in [4.69, 9.17) is 0 Å². The Labute approximate surface area is 81.6 Å². The summed E-state index contributed by atoms with van der Waals surface area (Å²) in [6, 6.07) is 2.09. The molecule has 0 bridgehead atoms. The second kappa shape index (κ2) is 3.83. The van der Waals surface area contributed by atoms with Gasteiger partial charge in [-0.3, -0.25) is 0 Å². The molecule has 0 saturated carbocycles. The summed E-state index contributed by atoms with van der Waals surface area (Å²) < 4.78 is 30.2. The molecular formula is C8H5BrF2O2. The number of rotatable bonds is 1. The van der Waals surface area contributed by atoms with Gasteiger partial charge in [0.1, 0.15) is 0 Å². The number of benzene rings is 1. The zero-order valence-corrected chi connectivity index (χ0v) is 8.19. The van der Waals surface area contributed by atoms with Crippen LogP contribution in [0.5, 0.6) is 0 Å². The van der Waals surface area contributed by atoms with Crippen LogP contribution in [0.2, 0.25) is 0 Å². The largest absolute Gasteiger partial charge is 0.465 e. The summed E-state index contributed by atoms with van der Waals surface area (Å²) in [4.78, 5) is 10.9. The van der Waals surface area contributed by atoms with E-state index in [-0.39, 0.29) is 4.47 Å². The molecule has 1 rings (SSSR count). The fourth-order valence-corrected chi connectivity index (χ4v) is 1.24. The standard InChI is InChI=1S/C8H5BrF2O2/c1-13-8(12)5-2-4(9)3-6(10)7(5)11/h2-3H,1H3. The maximum atomic E-state index is 12.9. The molecule has 0 N–H and O–H groups in total. The lowest BCUT2D eigenvalue weighted by atomic mass is 10.2. The number of methoxy groups -OCH3 is 1. The van der Waals surface area contributed by atoms with Gasteiger partial charge in [0.2, 0.25) is 0 Å². The van der Waals surface area contributed by atoms with Crippen molar-refractivity contribution in [2.75, 3.05) is 7.11 Å². The Balaban J connectivity index is 3.28. The molecule has 0 unspecified atom stereocenters. The predicted molar refractivity (Wildman–Crippen MR) is 45.4 cm³/mol. The third kappa shape index (κ3) is 2.03. The fraction of sp³-hybridized carbons (Fsp3) is 0.125. The van der Waals surface area contributed by atoms with Crippen molar-refractivity contribution in [3.63, 3.8) is 0 Å². The van der Waals surface area contributed by atoms with E-state index in [1.807, 2.05) is 0 Å². The van der Waals surface area contributed by atoms with Crippen LogP contribution in [0.25, 0.3) is 0 Å². The molecule has 0 radical (unpaired) electrons. The maximum Gasteiger partial charge on any atom is 0.340 e. The van der Waals surface area contributed by atoms with Crippen LogP contribution in [0.3, 0.4) is 0 Å². The Morgan fingerprint density at radius 1 is 1.46 bits per heavy atom. The van der Waals surface area contributed by atoms with Gasteiger partial charge in [0.05, 0.1) is 12.7 Å². The molecule has 0 aliphatic carbocycles. The third-order valence-corrected chi connectivity index (χ3v) is 1.86. The first-order valence-corrected chi connectivity index (χ1v) is 4.08. The third-order valence-electron chi connectivity index (χ3n) is 1.40. The molecule has 2 nitrogen and oxygen atoms in total. The summed E-state index contributed by atoms with van der Waals surface area (Å²) in [6.45, 7) is 0. The Morgan fingerprint density at radius 2 is 2.08 bits per heavy atom. The lowest BCUT2D eigenvalue weighted by Gasteiger charge is -2.02. The summed E-state index contributed by atoms with van der Waals surface area (Å²) in [5.74, 6) is -3.19. The topological polar surface area (TPSA) is 26.3 Å². The minimum Gasteiger partial charge on any atom is -0.465 e. The lowest BCUT2D eigenvalue weighted by Crippen LogP contribution is -2.06. The molecule has 70 valence electrons. The molecule has 0 aromatic heterocycles. The smallest absolute Gasteiger partial charge is 0.340 e. The maximum absolute atomic E-state index is 12.9. The molecule has 0 aliphatic rings. The Bertz CT molecular complexity index is 352. The summed E-state index contributed by atoms with van der Waals surface area (Å²) in [7, 11) is 1.10. The van der Waals surface area contributed by atoms with E-state index in [1.165, 1.54) is 0 Å². The SMILES string of the molecule is COC(=O)c1cc(Br)cc(F)c1F. The molecule has 0 amide bonds. The van der Waals surface area contributed by atoms with Crippen molar-refractivity contribution in [1.29, 1.82) is 0 Å². The van der Waals surface area contributed by atoms with E-state index in [9.17, 15) is 13.6 Å². The molecule has 0 aliphatic heterocycles. The number of hydrogen-bond donors (Lipinski definition) is 0. The van der Waals surface area contributed by atoms with E-state index >= 15 is 0 Å². The van der Waals surface area contributed by atoms with Gasteiger partial charge in [0, 0.05) is 4.47 Å². The van der Waals surface area contributed by atoms with Gasteiger partial charge in [-0.15, -0.1) is 0 Å². The second-order valence-corrected chi connectivity index (χ2v) is 3.16. The number of carbonyl (C=O) groups is 1. The van der Waals surface area contributed by atoms with Crippen LogP contribution in [0.4, 0.5) is 8.78 Å². The van der Waals surface area contributed by atoms with Crippen molar-refractivity contribution in [3.8, 4) is 0 Å². The van der Waals surface area contributed by atoms with Crippen LogP contribution in [-0.2, 0) is 4.74 Å². The first-order chi connectivity index (χ1) is 6.06. The first kappa shape index (κ1) is 10.1. The number of carbonyl (C=O) groups excluding carboxylic acids is 1. The Morgan fingerprint density at radius 3 is 2.62 bits per heavy atom. The summed E-state index contributed by atoms with van der Waals surface area (Å²) in [6.07, 6.45) is 0. The Hall–Kier alpha value is -0.970. The zero-order chi connectivity index (χ0) is 10.0. The number of hydrogen-bond acceptors (Lipinski definition) is 2. The van der Waals surface area contributed by atoms with Gasteiger partial charge in [0.25, 0.3) is 0 Å². The van der Waals surface area contributed by atoms with Crippen molar-refractivity contribution in [1.82, 2.24) is 0 Å². The molecule has 5 heteroatoms. The van der Waals surface area contributed by atoms with Crippen LogP contribution in [-0.4, -0.2) is 13.1 Å². The van der Waals surface area contributed by atoms with Crippen molar-refractivity contribution in [3.05, 3.63) is 33.8 Å². The highest BCUT2D eigenvalue weighted by Gasteiger charge is 2.16. The van der Waals surface area contributed by atoms with E-state index in [2.05, 4.69) is 20.7 Å². The van der Waals surface area contributed by atoms with Crippen molar-refractivity contribution < 1.29 is 18.3 Å². The van der Waals surface area contributed by atoms with Crippen LogP contribution in [0.15, 0.2) is 16.6 Å². The fourth-order valence-electron chi connectivity index (χ4n) is 0.814. The van der Waals surface area contributed by atoms with Gasteiger partial charge in [0.15, 0.2) is 11.6 Å². The molecular weight excluding hydrogens is 246 g/mol. The highest BCUT2D eigenvalue weighted by atomic mass is 79.9. The molecule has 0 spiro atoms. The molecule has 0 saturated heterocycles.